The van der Waals surface area contributed by atoms with Gasteiger partial charge in [-0.15, -0.1) is 0 Å². The Hall–Kier alpha value is 0.307. The molecule has 122 valence electrons. The number of hydrogen-bond donors (Lipinski definition) is 1. The molecule has 0 amide bonds. The van der Waals surface area contributed by atoms with E-state index in [1.54, 1.807) is 0 Å². The van der Waals surface area contributed by atoms with Crippen molar-refractivity contribution in [2.24, 2.45) is 0 Å². The molecule has 0 fully saturated rings. The van der Waals surface area contributed by atoms with Crippen molar-refractivity contribution in [3.63, 3.8) is 0 Å². The SMILES string of the molecule is CCCCCCCCCc1cc(Cl)c(S(=O)(=O)O)cc1Cl.[H-].[Li+]. The standard InChI is InChI=1S/C15H22Cl2O3S.Li.H/c1-2-3-4-5-6-7-8-9-12-10-14(17)15(11-13(12)16)21(18,19)20;;/h10-11H,2-9H2,1H3,(H,18,19,20);;/q;+1;-1. The van der Waals surface area contributed by atoms with Gasteiger partial charge < -0.3 is 1.43 Å². The Labute approximate surface area is 157 Å². The number of benzene rings is 1. The minimum absolute atomic E-state index is 0. The number of unbranched alkanes of at least 4 members (excludes halogenated alkanes) is 6. The van der Waals surface area contributed by atoms with Gasteiger partial charge >= 0.3 is 18.9 Å². The van der Waals surface area contributed by atoms with Gasteiger partial charge in [0.15, 0.2) is 0 Å². The molecule has 0 aliphatic heterocycles. The molecule has 0 aliphatic rings. The third-order valence-electron chi connectivity index (χ3n) is 3.43. The van der Waals surface area contributed by atoms with E-state index in [1.165, 1.54) is 44.2 Å². The molecule has 3 nitrogen and oxygen atoms in total. The van der Waals surface area contributed by atoms with E-state index in [1.807, 2.05) is 0 Å². The summed E-state index contributed by atoms with van der Waals surface area (Å²) in [4.78, 5) is -0.336. The van der Waals surface area contributed by atoms with E-state index in [0.717, 1.165) is 24.8 Å². The zero-order valence-corrected chi connectivity index (χ0v) is 15.6. The van der Waals surface area contributed by atoms with Gasteiger partial charge in [-0.2, -0.15) is 8.42 Å². The molecule has 0 radical (unpaired) electrons. The quantitative estimate of drug-likeness (QED) is 0.418. The fourth-order valence-electron chi connectivity index (χ4n) is 2.23. The average molecular weight is 361 g/mol. The maximum atomic E-state index is 11.1. The Morgan fingerprint density at radius 1 is 1.00 bits per heavy atom. The molecule has 1 aromatic rings. The number of halogens is 2. The van der Waals surface area contributed by atoms with E-state index in [-0.39, 0.29) is 30.2 Å². The van der Waals surface area contributed by atoms with Crippen molar-refractivity contribution in [3.8, 4) is 0 Å². The third kappa shape index (κ3) is 7.72. The number of rotatable bonds is 9. The topological polar surface area (TPSA) is 54.4 Å². The summed E-state index contributed by atoms with van der Waals surface area (Å²) >= 11 is 11.9. The molecule has 0 spiro atoms. The molecule has 0 aliphatic carbocycles. The van der Waals surface area contributed by atoms with Gasteiger partial charge in [0.2, 0.25) is 0 Å². The maximum Gasteiger partial charge on any atom is 1.00 e. The minimum Gasteiger partial charge on any atom is -1.00 e. The van der Waals surface area contributed by atoms with Crippen molar-refractivity contribution in [2.45, 2.75) is 63.2 Å². The number of hydrogen-bond acceptors (Lipinski definition) is 2. The van der Waals surface area contributed by atoms with Gasteiger partial charge in [-0.25, -0.2) is 0 Å². The van der Waals surface area contributed by atoms with Crippen LogP contribution in [0, 0.1) is 0 Å². The molecule has 0 bridgehead atoms. The van der Waals surface area contributed by atoms with Gasteiger partial charge in [0.05, 0.1) is 5.02 Å². The molecule has 0 atom stereocenters. The molecule has 0 unspecified atom stereocenters. The third-order valence-corrected chi connectivity index (χ3v) is 5.10. The first-order valence-electron chi connectivity index (χ1n) is 7.31. The van der Waals surface area contributed by atoms with Crippen molar-refractivity contribution in [3.05, 3.63) is 27.7 Å². The van der Waals surface area contributed by atoms with Crippen LogP contribution in [-0.2, 0) is 16.5 Å². The van der Waals surface area contributed by atoms with Gasteiger partial charge in [-0.1, -0.05) is 68.7 Å². The van der Waals surface area contributed by atoms with E-state index in [9.17, 15) is 8.42 Å². The zero-order valence-electron chi connectivity index (χ0n) is 14.2. The van der Waals surface area contributed by atoms with E-state index < -0.39 is 10.1 Å². The first-order chi connectivity index (χ1) is 9.86. The fourth-order valence-corrected chi connectivity index (χ4v) is 3.61. The van der Waals surface area contributed by atoms with E-state index >= 15 is 0 Å². The van der Waals surface area contributed by atoms with Crippen LogP contribution in [0.1, 0.15) is 58.9 Å². The Kier molecular flexibility index (Phi) is 11.1. The van der Waals surface area contributed by atoms with Gasteiger partial charge in [-0.3, -0.25) is 4.55 Å². The van der Waals surface area contributed by atoms with Gasteiger partial charge in [-0.05, 0) is 30.5 Å². The predicted octanol–water partition coefficient (Wildman–Crippen LogP) is 2.65. The molecule has 0 aromatic heterocycles. The summed E-state index contributed by atoms with van der Waals surface area (Å²) in [6.07, 6.45) is 9.15. The summed E-state index contributed by atoms with van der Waals surface area (Å²) in [5.41, 5.74) is 0.822. The molecule has 1 aromatic carbocycles. The molecule has 0 heterocycles. The van der Waals surface area contributed by atoms with Crippen LogP contribution in [0.4, 0.5) is 0 Å². The van der Waals surface area contributed by atoms with Gasteiger partial charge in [0.1, 0.15) is 4.90 Å². The van der Waals surface area contributed by atoms with Crippen LogP contribution < -0.4 is 18.9 Å². The minimum atomic E-state index is -4.33. The molecule has 22 heavy (non-hydrogen) atoms. The van der Waals surface area contributed by atoms with Crippen molar-refractivity contribution in [1.29, 1.82) is 0 Å². The first kappa shape index (κ1) is 22.3. The second-order valence-corrected chi connectivity index (χ2v) is 7.42. The first-order valence-corrected chi connectivity index (χ1v) is 9.51. The maximum absolute atomic E-state index is 11.1. The van der Waals surface area contributed by atoms with E-state index in [0.29, 0.717) is 5.02 Å². The Bertz CT molecular complexity index is 568. The molecule has 7 heteroatoms. The summed E-state index contributed by atoms with van der Waals surface area (Å²) in [5.74, 6) is 0. The second kappa shape index (κ2) is 11.0. The normalized spacial score (nSPS) is 11.3. The van der Waals surface area contributed by atoms with Gasteiger partial charge in [0.25, 0.3) is 10.1 Å². The fraction of sp³-hybridized carbons (Fsp3) is 0.600. The van der Waals surface area contributed by atoms with Crippen molar-refractivity contribution in [2.75, 3.05) is 0 Å². The largest absolute Gasteiger partial charge is 1.00 e. The molecule has 0 saturated carbocycles. The number of aryl methyl sites for hydroxylation is 1. The summed E-state index contributed by atoms with van der Waals surface area (Å²) in [7, 11) is -4.33. The van der Waals surface area contributed by atoms with Crippen LogP contribution in [0.25, 0.3) is 0 Å². The van der Waals surface area contributed by atoms with Crippen molar-refractivity contribution in [1.82, 2.24) is 0 Å². The summed E-state index contributed by atoms with van der Waals surface area (Å²) in [6.45, 7) is 2.20. The van der Waals surface area contributed by atoms with Crippen LogP contribution in [-0.4, -0.2) is 13.0 Å². The van der Waals surface area contributed by atoms with Crippen LogP contribution in [0.3, 0.4) is 0 Å². The van der Waals surface area contributed by atoms with Crippen molar-refractivity contribution >= 4 is 33.3 Å². The zero-order chi connectivity index (χ0) is 15.9. The molecule has 1 rings (SSSR count). The molecule has 1 N–H and O–H groups in total. The summed E-state index contributed by atoms with van der Waals surface area (Å²) in [5, 5.41) is 0.345. The van der Waals surface area contributed by atoms with Gasteiger partial charge in [0, 0.05) is 5.02 Å². The molecular formula is C15H23Cl2LiO3S. The Morgan fingerprint density at radius 3 is 2.09 bits per heavy atom. The second-order valence-electron chi connectivity index (χ2n) is 5.22. The Balaban J connectivity index is 0. The monoisotopic (exact) mass is 360 g/mol. The van der Waals surface area contributed by atoms with Crippen LogP contribution in [0.2, 0.25) is 10.0 Å². The molecule has 0 saturated heterocycles. The van der Waals surface area contributed by atoms with Crippen LogP contribution >= 0.6 is 23.2 Å². The van der Waals surface area contributed by atoms with Crippen LogP contribution in [0.15, 0.2) is 17.0 Å². The summed E-state index contributed by atoms with van der Waals surface area (Å²) < 4.78 is 31.3. The predicted molar refractivity (Wildman–Crippen MR) is 89.1 cm³/mol. The molecular weight excluding hydrogens is 338 g/mol. The summed E-state index contributed by atoms with van der Waals surface area (Å²) in [6, 6.07) is 2.75. The Morgan fingerprint density at radius 2 is 1.55 bits per heavy atom. The average Bonchev–Trinajstić information content (AvgIpc) is 2.39. The van der Waals surface area contributed by atoms with E-state index in [2.05, 4.69) is 6.92 Å². The van der Waals surface area contributed by atoms with E-state index in [4.69, 9.17) is 27.8 Å². The smallest absolute Gasteiger partial charge is 1.00 e. The van der Waals surface area contributed by atoms with Crippen molar-refractivity contribution < 1.29 is 33.3 Å². The van der Waals surface area contributed by atoms with Crippen LogP contribution in [0.5, 0.6) is 0 Å².